The molecule has 0 aliphatic carbocycles. The monoisotopic (exact) mass is 287 g/mol. The molecule has 0 spiro atoms. The third-order valence-electron chi connectivity index (χ3n) is 2.47. The fourth-order valence-electron chi connectivity index (χ4n) is 1.66. The fourth-order valence-corrected chi connectivity index (χ4v) is 2.83. The first-order valence-electron chi connectivity index (χ1n) is 5.72. The Balaban J connectivity index is 3.15. The average Bonchev–Trinajstić information content (AvgIpc) is 2.30. The van der Waals surface area contributed by atoms with Gasteiger partial charge in [0.05, 0.1) is 18.6 Å². The first-order valence-corrected chi connectivity index (χ1v) is 7.57. The summed E-state index contributed by atoms with van der Waals surface area (Å²) >= 11 is 0. The van der Waals surface area contributed by atoms with Crippen molar-refractivity contribution in [3.05, 3.63) is 24.3 Å². The SMILES string of the molecule is CCOc1ccc(N([C@H](C)C(=O)O)S(C)(=O)=O)cc1. The maximum Gasteiger partial charge on any atom is 0.327 e. The van der Waals surface area contributed by atoms with E-state index in [1.165, 1.54) is 19.1 Å². The number of sulfonamides is 1. The molecule has 6 nitrogen and oxygen atoms in total. The minimum Gasteiger partial charge on any atom is -0.494 e. The summed E-state index contributed by atoms with van der Waals surface area (Å²) < 4.78 is 29.6. The topological polar surface area (TPSA) is 83.9 Å². The molecule has 106 valence electrons. The number of carbonyl (C=O) groups is 1. The van der Waals surface area contributed by atoms with Gasteiger partial charge < -0.3 is 9.84 Å². The van der Waals surface area contributed by atoms with Crippen LogP contribution in [-0.2, 0) is 14.8 Å². The predicted octanol–water partition coefficient (Wildman–Crippen LogP) is 1.32. The molecule has 7 heteroatoms. The van der Waals surface area contributed by atoms with Crippen LogP contribution in [0.2, 0.25) is 0 Å². The summed E-state index contributed by atoms with van der Waals surface area (Å²) in [6.07, 6.45) is 0.975. The van der Waals surface area contributed by atoms with Crippen molar-refractivity contribution in [2.45, 2.75) is 19.9 Å². The van der Waals surface area contributed by atoms with E-state index in [2.05, 4.69) is 0 Å². The van der Waals surface area contributed by atoms with Crippen LogP contribution in [0.5, 0.6) is 5.75 Å². The Morgan fingerprint density at radius 1 is 1.37 bits per heavy atom. The highest BCUT2D eigenvalue weighted by Crippen LogP contribution is 2.23. The van der Waals surface area contributed by atoms with Crippen molar-refractivity contribution in [2.24, 2.45) is 0 Å². The van der Waals surface area contributed by atoms with E-state index in [1.54, 1.807) is 12.1 Å². The Hall–Kier alpha value is -1.76. The van der Waals surface area contributed by atoms with E-state index in [1.807, 2.05) is 6.92 Å². The molecular formula is C12H17NO5S. The molecule has 0 unspecified atom stereocenters. The molecule has 19 heavy (non-hydrogen) atoms. The van der Waals surface area contributed by atoms with Gasteiger partial charge in [0.25, 0.3) is 0 Å². The lowest BCUT2D eigenvalue weighted by molar-refractivity contribution is -0.137. The van der Waals surface area contributed by atoms with E-state index in [4.69, 9.17) is 9.84 Å². The van der Waals surface area contributed by atoms with Gasteiger partial charge in [0, 0.05) is 0 Å². The highest BCUT2D eigenvalue weighted by atomic mass is 32.2. The lowest BCUT2D eigenvalue weighted by Crippen LogP contribution is -2.42. The van der Waals surface area contributed by atoms with Crippen molar-refractivity contribution in [3.8, 4) is 5.75 Å². The second-order valence-corrected chi connectivity index (χ2v) is 5.86. The van der Waals surface area contributed by atoms with E-state index in [-0.39, 0.29) is 0 Å². The van der Waals surface area contributed by atoms with E-state index in [0.29, 0.717) is 18.0 Å². The van der Waals surface area contributed by atoms with Crippen LogP contribution >= 0.6 is 0 Å². The van der Waals surface area contributed by atoms with Crippen molar-refractivity contribution in [1.82, 2.24) is 0 Å². The second-order valence-electron chi connectivity index (χ2n) is 4.00. The molecule has 1 aromatic carbocycles. The van der Waals surface area contributed by atoms with Gasteiger partial charge in [0.1, 0.15) is 11.8 Å². The first kappa shape index (κ1) is 15.3. The van der Waals surface area contributed by atoms with E-state index >= 15 is 0 Å². The van der Waals surface area contributed by atoms with Gasteiger partial charge in [-0.25, -0.2) is 13.2 Å². The van der Waals surface area contributed by atoms with Crippen LogP contribution in [0.1, 0.15) is 13.8 Å². The number of carboxylic acid groups (broad SMARTS) is 1. The van der Waals surface area contributed by atoms with E-state index in [0.717, 1.165) is 10.6 Å². The normalized spacial score (nSPS) is 12.8. The van der Waals surface area contributed by atoms with Gasteiger partial charge in [-0.15, -0.1) is 0 Å². The number of benzene rings is 1. The number of anilines is 1. The second kappa shape index (κ2) is 5.92. The highest BCUT2D eigenvalue weighted by molar-refractivity contribution is 7.92. The molecule has 0 amide bonds. The molecule has 0 aliphatic heterocycles. The van der Waals surface area contributed by atoms with Gasteiger partial charge in [-0.2, -0.15) is 0 Å². The van der Waals surface area contributed by atoms with Crippen molar-refractivity contribution in [3.63, 3.8) is 0 Å². The quantitative estimate of drug-likeness (QED) is 0.853. The minimum atomic E-state index is -3.68. The van der Waals surface area contributed by atoms with Crippen molar-refractivity contribution in [1.29, 1.82) is 0 Å². The van der Waals surface area contributed by atoms with Crippen LogP contribution in [0, 0.1) is 0 Å². The molecule has 0 radical (unpaired) electrons. The Morgan fingerprint density at radius 3 is 2.26 bits per heavy atom. The summed E-state index contributed by atoms with van der Waals surface area (Å²) in [6.45, 7) is 3.66. The standard InChI is InChI=1S/C12H17NO5S/c1-4-18-11-7-5-10(6-8-11)13(19(3,16)17)9(2)12(14)15/h5-9H,4H2,1-3H3,(H,14,15)/t9-/m1/s1. The molecule has 1 N–H and O–H groups in total. The zero-order valence-electron chi connectivity index (χ0n) is 11.0. The van der Waals surface area contributed by atoms with Crippen molar-refractivity contribution < 1.29 is 23.1 Å². The van der Waals surface area contributed by atoms with Crippen LogP contribution in [0.15, 0.2) is 24.3 Å². The lowest BCUT2D eigenvalue weighted by atomic mass is 10.2. The Kier molecular flexibility index (Phi) is 4.77. The number of rotatable bonds is 6. The predicted molar refractivity (Wildman–Crippen MR) is 72.0 cm³/mol. The number of hydrogen-bond acceptors (Lipinski definition) is 4. The molecule has 1 rings (SSSR count). The molecule has 1 atom stereocenters. The summed E-state index contributed by atoms with van der Waals surface area (Å²) in [6, 6.07) is 5.07. The number of hydrogen-bond donors (Lipinski definition) is 1. The molecule has 0 aliphatic rings. The van der Waals surface area contributed by atoms with Crippen LogP contribution < -0.4 is 9.04 Å². The maximum atomic E-state index is 11.7. The maximum absolute atomic E-state index is 11.7. The fraction of sp³-hybridized carbons (Fsp3) is 0.417. The number of nitrogens with zero attached hydrogens (tertiary/aromatic N) is 1. The highest BCUT2D eigenvalue weighted by Gasteiger charge is 2.28. The minimum absolute atomic E-state index is 0.292. The number of ether oxygens (including phenoxy) is 1. The van der Waals surface area contributed by atoms with Gasteiger partial charge >= 0.3 is 5.97 Å². The third kappa shape index (κ3) is 3.85. The van der Waals surface area contributed by atoms with Gasteiger partial charge in [0.2, 0.25) is 10.0 Å². The Morgan fingerprint density at radius 2 is 1.89 bits per heavy atom. The van der Waals surface area contributed by atoms with Crippen LogP contribution in [0.4, 0.5) is 5.69 Å². The third-order valence-corrected chi connectivity index (χ3v) is 3.71. The van der Waals surface area contributed by atoms with Crippen molar-refractivity contribution in [2.75, 3.05) is 17.2 Å². The van der Waals surface area contributed by atoms with Gasteiger partial charge in [-0.1, -0.05) is 0 Å². The zero-order valence-corrected chi connectivity index (χ0v) is 11.8. The number of carboxylic acids is 1. The molecule has 0 fully saturated rings. The zero-order chi connectivity index (χ0) is 14.6. The first-order chi connectivity index (χ1) is 8.77. The molecule has 0 heterocycles. The van der Waals surface area contributed by atoms with Gasteiger partial charge in [-0.05, 0) is 38.1 Å². The summed E-state index contributed by atoms with van der Waals surface area (Å²) in [7, 11) is -3.68. The molecule has 0 saturated heterocycles. The molecule has 0 aromatic heterocycles. The number of aliphatic carboxylic acids is 1. The molecule has 1 aromatic rings. The Labute approximate surface area is 112 Å². The van der Waals surface area contributed by atoms with Gasteiger partial charge in [0.15, 0.2) is 0 Å². The smallest absolute Gasteiger partial charge is 0.327 e. The van der Waals surface area contributed by atoms with E-state index in [9.17, 15) is 13.2 Å². The van der Waals surface area contributed by atoms with Crippen LogP contribution in [0.25, 0.3) is 0 Å². The average molecular weight is 287 g/mol. The van der Waals surface area contributed by atoms with Crippen LogP contribution in [-0.4, -0.2) is 38.4 Å². The summed E-state index contributed by atoms with van der Waals surface area (Å²) in [5, 5.41) is 8.99. The van der Waals surface area contributed by atoms with E-state index < -0.39 is 22.0 Å². The largest absolute Gasteiger partial charge is 0.494 e. The van der Waals surface area contributed by atoms with Gasteiger partial charge in [-0.3, -0.25) is 4.31 Å². The van der Waals surface area contributed by atoms with Crippen LogP contribution in [0.3, 0.4) is 0 Å². The molecule has 0 bridgehead atoms. The Bertz CT molecular complexity index is 538. The molecular weight excluding hydrogens is 270 g/mol. The summed E-state index contributed by atoms with van der Waals surface area (Å²) in [4.78, 5) is 11.0. The summed E-state index contributed by atoms with van der Waals surface area (Å²) in [5.41, 5.74) is 0.292. The summed E-state index contributed by atoms with van der Waals surface area (Å²) in [5.74, 6) is -0.609. The lowest BCUT2D eigenvalue weighted by Gasteiger charge is -2.26. The van der Waals surface area contributed by atoms with Crippen molar-refractivity contribution >= 4 is 21.7 Å². The molecule has 0 saturated carbocycles.